The summed E-state index contributed by atoms with van der Waals surface area (Å²) in [5.41, 5.74) is 0.918. The molecule has 0 amide bonds. The predicted molar refractivity (Wildman–Crippen MR) is 99.8 cm³/mol. The van der Waals surface area contributed by atoms with Gasteiger partial charge in [-0.3, -0.25) is 0 Å². The van der Waals surface area contributed by atoms with Gasteiger partial charge in [0.25, 0.3) is 0 Å². The molecule has 124 valence electrons. The van der Waals surface area contributed by atoms with Crippen molar-refractivity contribution in [2.45, 2.75) is 58.8 Å². The first-order chi connectivity index (χ1) is 10.8. The largest absolute Gasteiger partial charge is 0.492 e. The zero-order valence-electron chi connectivity index (χ0n) is 14.0. The van der Waals surface area contributed by atoms with Crippen LogP contribution in [0.15, 0.2) is 24.3 Å². The first-order valence-corrected chi connectivity index (χ1v) is 8.95. The molecule has 3 nitrogen and oxygen atoms in total. The van der Waals surface area contributed by atoms with Gasteiger partial charge in [0, 0.05) is 6.54 Å². The highest BCUT2D eigenvalue weighted by atomic mass is 32.1. The number of para-hydroxylation sites is 2. The summed E-state index contributed by atoms with van der Waals surface area (Å²) >= 11 is 5.34. The fraction of sp³-hybridized carbons (Fsp3) is 0.611. The number of unbranched alkanes of at least 4 members (excludes halogenated alkanes) is 6. The zero-order chi connectivity index (χ0) is 16.0. The van der Waals surface area contributed by atoms with E-state index in [4.69, 9.17) is 17.0 Å². The van der Waals surface area contributed by atoms with Crippen LogP contribution in [0, 0.1) is 0 Å². The van der Waals surface area contributed by atoms with Crippen molar-refractivity contribution in [3.8, 4) is 5.75 Å². The molecular formula is C18H30N2OS. The number of rotatable bonds is 11. The van der Waals surface area contributed by atoms with Crippen molar-refractivity contribution in [2.75, 3.05) is 18.5 Å². The second-order valence-corrected chi connectivity index (χ2v) is 5.84. The van der Waals surface area contributed by atoms with Gasteiger partial charge in [0.05, 0.1) is 12.3 Å². The van der Waals surface area contributed by atoms with Crippen LogP contribution in [0.3, 0.4) is 0 Å². The third-order valence-electron chi connectivity index (χ3n) is 3.50. The lowest BCUT2D eigenvalue weighted by molar-refractivity contribution is 0.342. The van der Waals surface area contributed by atoms with E-state index < -0.39 is 0 Å². The lowest BCUT2D eigenvalue weighted by atomic mass is 10.1. The van der Waals surface area contributed by atoms with Crippen molar-refractivity contribution < 1.29 is 4.74 Å². The summed E-state index contributed by atoms with van der Waals surface area (Å²) in [5, 5.41) is 7.14. The Labute approximate surface area is 140 Å². The van der Waals surface area contributed by atoms with Crippen molar-refractivity contribution in [2.24, 2.45) is 0 Å². The number of hydrogen-bond acceptors (Lipinski definition) is 2. The number of benzene rings is 1. The van der Waals surface area contributed by atoms with Gasteiger partial charge in [0.1, 0.15) is 5.75 Å². The van der Waals surface area contributed by atoms with E-state index in [9.17, 15) is 0 Å². The summed E-state index contributed by atoms with van der Waals surface area (Å²) in [5.74, 6) is 0.838. The molecule has 2 N–H and O–H groups in total. The Morgan fingerprint density at radius 2 is 1.68 bits per heavy atom. The predicted octanol–water partition coefficient (Wildman–Crippen LogP) is 5.12. The van der Waals surface area contributed by atoms with Crippen LogP contribution in [0.25, 0.3) is 0 Å². The highest BCUT2D eigenvalue weighted by molar-refractivity contribution is 7.80. The number of ether oxygens (including phenoxy) is 1. The Morgan fingerprint density at radius 1 is 1.00 bits per heavy atom. The van der Waals surface area contributed by atoms with Gasteiger partial charge in [-0.25, -0.2) is 0 Å². The Kier molecular flexibility index (Phi) is 10.5. The second kappa shape index (κ2) is 12.3. The molecule has 0 spiro atoms. The number of hydrogen-bond donors (Lipinski definition) is 2. The fourth-order valence-electron chi connectivity index (χ4n) is 2.30. The van der Waals surface area contributed by atoms with Gasteiger partial charge in [-0.2, -0.15) is 0 Å². The molecule has 1 rings (SSSR count). The average Bonchev–Trinajstić information content (AvgIpc) is 2.52. The first kappa shape index (κ1) is 18.8. The summed E-state index contributed by atoms with van der Waals surface area (Å²) in [6, 6.07) is 7.87. The van der Waals surface area contributed by atoms with Crippen LogP contribution < -0.4 is 15.4 Å². The highest BCUT2D eigenvalue weighted by Gasteiger charge is 2.03. The molecule has 0 bridgehead atoms. The molecule has 0 heterocycles. The van der Waals surface area contributed by atoms with E-state index in [2.05, 4.69) is 17.6 Å². The molecule has 4 heteroatoms. The minimum atomic E-state index is 0.650. The van der Waals surface area contributed by atoms with Crippen LogP contribution in [0.4, 0.5) is 5.69 Å². The van der Waals surface area contributed by atoms with Crippen LogP contribution in [-0.4, -0.2) is 18.3 Å². The van der Waals surface area contributed by atoms with Gasteiger partial charge >= 0.3 is 0 Å². The van der Waals surface area contributed by atoms with E-state index in [0.29, 0.717) is 11.7 Å². The number of anilines is 1. The molecule has 0 fully saturated rings. The lowest BCUT2D eigenvalue weighted by Crippen LogP contribution is -2.29. The molecule has 0 aliphatic rings. The molecule has 22 heavy (non-hydrogen) atoms. The topological polar surface area (TPSA) is 33.3 Å². The molecule has 0 aliphatic carbocycles. The van der Waals surface area contributed by atoms with Crippen molar-refractivity contribution in [3.05, 3.63) is 24.3 Å². The molecular weight excluding hydrogens is 292 g/mol. The van der Waals surface area contributed by atoms with Crippen molar-refractivity contribution in [1.29, 1.82) is 0 Å². The Hall–Kier alpha value is -1.29. The van der Waals surface area contributed by atoms with Gasteiger partial charge in [0.2, 0.25) is 0 Å². The molecule has 0 radical (unpaired) electrons. The van der Waals surface area contributed by atoms with Gasteiger partial charge in [-0.15, -0.1) is 0 Å². The molecule has 0 aromatic heterocycles. The van der Waals surface area contributed by atoms with E-state index >= 15 is 0 Å². The molecule has 0 aliphatic heterocycles. The molecule has 0 saturated carbocycles. The van der Waals surface area contributed by atoms with Gasteiger partial charge in [-0.1, -0.05) is 57.6 Å². The van der Waals surface area contributed by atoms with Crippen LogP contribution in [0.5, 0.6) is 5.75 Å². The average molecular weight is 323 g/mol. The van der Waals surface area contributed by atoms with Gasteiger partial charge < -0.3 is 15.4 Å². The third kappa shape index (κ3) is 8.23. The Balaban J connectivity index is 2.16. The smallest absolute Gasteiger partial charge is 0.170 e. The van der Waals surface area contributed by atoms with Crippen molar-refractivity contribution >= 4 is 23.0 Å². The standard InChI is InChI=1S/C18H30N2OS/c1-3-5-6-7-8-9-12-15-19-18(22)20-16-13-10-11-14-17(16)21-4-2/h10-11,13-14H,3-9,12,15H2,1-2H3,(H2,19,20,22). The molecule has 0 unspecified atom stereocenters. The maximum Gasteiger partial charge on any atom is 0.170 e. The maximum absolute atomic E-state index is 5.58. The third-order valence-corrected chi connectivity index (χ3v) is 3.75. The Morgan fingerprint density at radius 3 is 2.41 bits per heavy atom. The van der Waals surface area contributed by atoms with Crippen molar-refractivity contribution in [1.82, 2.24) is 5.32 Å². The number of thiocarbonyl (C=S) groups is 1. The minimum Gasteiger partial charge on any atom is -0.492 e. The zero-order valence-corrected chi connectivity index (χ0v) is 14.8. The molecule has 1 aromatic carbocycles. The summed E-state index contributed by atoms with van der Waals surface area (Å²) in [6.07, 6.45) is 9.18. The highest BCUT2D eigenvalue weighted by Crippen LogP contribution is 2.23. The summed E-state index contributed by atoms with van der Waals surface area (Å²) in [7, 11) is 0. The van der Waals surface area contributed by atoms with Crippen molar-refractivity contribution in [3.63, 3.8) is 0 Å². The van der Waals surface area contributed by atoms with E-state index in [1.807, 2.05) is 31.2 Å². The molecule has 0 atom stereocenters. The minimum absolute atomic E-state index is 0.650. The quantitative estimate of drug-likeness (QED) is 0.437. The van der Waals surface area contributed by atoms with E-state index in [-0.39, 0.29) is 0 Å². The lowest BCUT2D eigenvalue weighted by Gasteiger charge is -2.14. The van der Waals surface area contributed by atoms with E-state index in [1.165, 1.54) is 44.9 Å². The van der Waals surface area contributed by atoms with Gasteiger partial charge in [-0.05, 0) is 37.7 Å². The monoisotopic (exact) mass is 322 g/mol. The van der Waals surface area contributed by atoms with Crippen LogP contribution in [0.1, 0.15) is 58.8 Å². The second-order valence-electron chi connectivity index (χ2n) is 5.43. The van der Waals surface area contributed by atoms with Crippen LogP contribution in [0.2, 0.25) is 0 Å². The summed E-state index contributed by atoms with van der Waals surface area (Å²) in [6.45, 7) is 5.81. The van der Waals surface area contributed by atoms with E-state index in [0.717, 1.165) is 18.0 Å². The summed E-state index contributed by atoms with van der Waals surface area (Å²) < 4.78 is 5.58. The first-order valence-electron chi connectivity index (χ1n) is 8.54. The van der Waals surface area contributed by atoms with Crippen LogP contribution in [-0.2, 0) is 0 Å². The van der Waals surface area contributed by atoms with Crippen LogP contribution >= 0.6 is 12.2 Å². The summed E-state index contributed by atoms with van der Waals surface area (Å²) in [4.78, 5) is 0. The van der Waals surface area contributed by atoms with E-state index in [1.54, 1.807) is 0 Å². The molecule has 0 saturated heterocycles. The maximum atomic E-state index is 5.58. The molecule has 1 aromatic rings. The fourth-order valence-corrected chi connectivity index (χ4v) is 2.51. The SMILES string of the molecule is CCCCCCCCCNC(=S)Nc1ccccc1OCC. The number of nitrogens with one attached hydrogen (secondary N) is 2. The Bertz CT molecular complexity index is 423. The normalized spacial score (nSPS) is 10.3. The van der Waals surface area contributed by atoms with Gasteiger partial charge in [0.15, 0.2) is 5.11 Å².